The molecule has 0 saturated carbocycles. The van der Waals surface area contributed by atoms with Gasteiger partial charge < -0.3 is 23.8 Å². The van der Waals surface area contributed by atoms with E-state index in [1.807, 2.05) is 12.1 Å². The molecule has 0 unspecified atom stereocenters. The fourth-order valence-corrected chi connectivity index (χ4v) is 4.63. The van der Waals surface area contributed by atoms with E-state index in [-0.39, 0.29) is 30.4 Å². The zero-order chi connectivity index (χ0) is 28.1. The topological polar surface area (TPSA) is 117 Å². The summed E-state index contributed by atoms with van der Waals surface area (Å²) < 4.78 is 22.1. The van der Waals surface area contributed by atoms with Crippen molar-refractivity contribution in [1.82, 2.24) is 4.90 Å². The number of esters is 1. The molecule has 10 heteroatoms. The van der Waals surface area contributed by atoms with Gasteiger partial charge in [-0.2, -0.15) is 0 Å². The first-order valence-electron chi connectivity index (χ1n) is 12.5. The van der Waals surface area contributed by atoms with Crippen molar-refractivity contribution in [1.29, 1.82) is 0 Å². The normalized spacial score (nSPS) is 14.3. The molecule has 0 N–H and O–H groups in total. The van der Waals surface area contributed by atoms with E-state index in [2.05, 4.69) is 0 Å². The first-order chi connectivity index (χ1) is 18.8. The first kappa shape index (κ1) is 27.4. The van der Waals surface area contributed by atoms with Crippen LogP contribution in [-0.2, 0) is 11.2 Å². The fraction of sp³-hybridized carbons (Fsp3) is 0.310. The van der Waals surface area contributed by atoms with Crippen LogP contribution in [0.3, 0.4) is 0 Å². The van der Waals surface area contributed by atoms with E-state index < -0.39 is 16.9 Å². The Balaban J connectivity index is 1.67. The van der Waals surface area contributed by atoms with Gasteiger partial charge in [-0.15, -0.1) is 0 Å². The lowest BCUT2D eigenvalue weighted by molar-refractivity contribution is -0.385. The van der Waals surface area contributed by atoms with Crippen LogP contribution in [0.1, 0.15) is 50.4 Å². The number of fused-ring (bicyclic) bond motifs is 1. The SMILES string of the molecule is CCOC(=O)c1ccc(OC[C@H]2c3cc(OC)c(OC)cc3CCN2C(=O)c2ccc(C)c([N+](=O)[O-])c2)cc1. The molecule has 39 heavy (non-hydrogen) atoms. The van der Waals surface area contributed by atoms with E-state index in [0.717, 1.165) is 11.1 Å². The summed E-state index contributed by atoms with van der Waals surface area (Å²) in [5.74, 6) is 0.841. The van der Waals surface area contributed by atoms with Crippen LogP contribution in [0.5, 0.6) is 17.2 Å². The summed E-state index contributed by atoms with van der Waals surface area (Å²) in [5, 5.41) is 11.5. The third-order valence-corrected chi connectivity index (χ3v) is 6.69. The molecule has 204 valence electrons. The Morgan fingerprint density at radius 2 is 1.67 bits per heavy atom. The monoisotopic (exact) mass is 534 g/mol. The zero-order valence-corrected chi connectivity index (χ0v) is 22.3. The van der Waals surface area contributed by atoms with Gasteiger partial charge in [0.25, 0.3) is 11.6 Å². The number of nitrogens with zero attached hydrogens (tertiary/aromatic N) is 2. The molecule has 0 bridgehead atoms. The number of nitro benzene ring substituents is 1. The highest BCUT2D eigenvalue weighted by molar-refractivity contribution is 5.95. The van der Waals surface area contributed by atoms with Crippen LogP contribution in [0, 0.1) is 17.0 Å². The summed E-state index contributed by atoms with van der Waals surface area (Å²) in [6.45, 7) is 4.12. The van der Waals surface area contributed by atoms with Crippen LogP contribution in [0.2, 0.25) is 0 Å². The summed E-state index contributed by atoms with van der Waals surface area (Å²) in [4.78, 5) is 38.4. The Morgan fingerprint density at radius 3 is 2.31 bits per heavy atom. The molecule has 0 aromatic heterocycles. The lowest BCUT2D eigenvalue weighted by Crippen LogP contribution is -2.42. The molecule has 0 saturated heterocycles. The second-order valence-corrected chi connectivity index (χ2v) is 8.98. The zero-order valence-electron chi connectivity index (χ0n) is 22.3. The summed E-state index contributed by atoms with van der Waals surface area (Å²) in [6, 6.07) is 14.3. The molecule has 0 fully saturated rings. The van der Waals surface area contributed by atoms with Crippen LogP contribution in [-0.4, -0.2) is 55.7 Å². The van der Waals surface area contributed by atoms with E-state index >= 15 is 0 Å². The van der Waals surface area contributed by atoms with Crippen LogP contribution in [0.4, 0.5) is 5.69 Å². The van der Waals surface area contributed by atoms with Gasteiger partial charge in [0.1, 0.15) is 12.4 Å². The highest BCUT2D eigenvalue weighted by Crippen LogP contribution is 2.39. The molecule has 1 aliphatic heterocycles. The van der Waals surface area contributed by atoms with Crippen molar-refractivity contribution >= 4 is 17.6 Å². The Bertz CT molecular complexity index is 1390. The summed E-state index contributed by atoms with van der Waals surface area (Å²) in [6.07, 6.45) is 0.556. The van der Waals surface area contributed by atoms with E-state index in [9.17, 15) is 19.7 Å². The van der Waals surface area contributed by atoms with Gasteiger partial charge >= 0.3 is 5.97 Å². The Labute approximate surface area is 226 Å². The number of ether oxygens (including phenoxy) is 4. The maximum Gasteiger partial charge on any atom is 0.338 e. The molecule has 4 rings (SSSR count). The van der Waals surface area contributed by atoms with Crippen LogP contribution in [0.25, 0.3) is 0 Å². The number of benzene rings is 3. The Morgan fingerprint density at radius 1 is 1.00 bits per heavy atom. The average Bonchev–Trinajstić information content (AvgIpc) is 2.95. The smallest absolute Gasteiger partial charge is 0.338 e. The number of carbonyl (C=O) groups is 2. The van der Waals surface area contributed by atoms with Gasteiger partial charge in [-0.1, -0.05) is 6.07 Å². The Kier molecular flexibility index (Phi) is 8.33. The first-order valence-corrected chi connectivity index (χ1v) is 12.5. The lowest BCUT2D eigenvalue weighted by Gasteiger charge is -2.37. The lowest BCUT2D eigenvalue weighted by atomic mass is 9.91. The third kappa shape index (κ3) is 5.79. The largest absolute Gasteiger partial charge is 0.493 e. The quantitative estimate of drug-likeness (QED) is 0.216. The molecule has 0 aliphatic carbocycles. The molecule has 1 heterocycles. The second-order valence-electron chi connectivity index (χ2n) is 8.98. The third-order valence-electron chi connectivity index (χ3n) is 6.69. The minimum Gasteiger partial charge on any atom is -0.493 e. The van der Waals surface area contributed by atoms with Crippen LogP contribution >= 0.6 is 0 Å². The van der Waals surface area contributed by atoms with Gasteiger partial charge in [0.05, 0.1) is 37.4 Å². The predicted molar refractivity (Wildman–Crippen MR) is 143 cm³/mol. The summed E-state index contributed by atoms with van der Waals surface area (Å²) >= 11 is 0. The van der Waals surface area contributed by atoms with Gasteiger partial charge in [-0.25, -0.2) is 4.79 Å². The highest BCUT2D eigenvalue weighted by Gasteiger charge is 2.34. The molecule has 1 atom stereocenters. The molecule has 3 aromatic carbocycles. The number of aryl methyl sites for hydroxylation is 1. The molecule has 0 radical (unpaired) electrons. The number of methoxy groups -OCH3 is 2. The van der Waals surface area contributed by atoms with Crippen molar-refractivity contribution in [3.05, 3.63) is 92.5 Å². The van der Waals surface area contributed by atoms with E-state index in [1.54, 1.807) is 62.3 Å². The van der Waals surface area contributed by atoms with Gasteiger partial charge in [0.15, 0.2) is 11.5 Å². The maximum atomic E-state index is 13.7. The molecule has 0 spiro atoms. The van der Waals surface area contributed by atoms with Gasteiger partial charge in [0.2, 0.25) is 0 Å². The average molecular weight is 535 g/mol. The summed E-state index contributed by atoms with van der Waals surface area (Å²) in [5.41, 5.74) is 2.80. The number of hydrogen-bond acceptors (Lipinski definition) is 8. The molecular formula is C29H30N2O8. The van der Waals surface area contributed by atoms with Gasteiger partial charge in [0, 0.05) is 23.7 Å². The van der Waals surface area contributed by atoms with Crippen molar-refractivity contribution in [3.8, 4) is 17.2 Å². The number of amides is 1. The molecular weight excluding hydrogens is 504 g/mol. The highest BCUT2D eigenvalue weighted by atomic mass is 16.6. The van der Waals surface area contributed by atoms with Crippen molar-refractivity contribution in [3.63, 3.8) is 0 Å². The molecule has 1 aliphatic rings. The fourth-order valence-electron chi connectivity index (χ4n) is 4.63. The van der Waals surface area contributed by atoms with Crippen LogP contribution in [0.15, 0.2) is 54.6 Å². The Hall–Kier alpha value is -4.60. The predicted octanol–water partition coefficient (Wildman–Crippen LogP) is 4.92. The van der Waals surface area contributed by atoms with Crippen molar-refractivity contribution in [2.75, 3.05) is 34.0 Å². The van der Waals surface area contributed by atoms with E-state index in [0.29, 0.717) is 41.3 Å². The number of nitro groups is 1. The minimum atomic E-state index is -0.522. The number of rotatable bonds is 9. The summed E-state index contributed by atoms with van der Waals surface area (Å²) in [7, 11) is 3.10. The van der Waals surface area contributed by atoms with Gasteiger partial charge in [-0.05, 0) is 73.9 Å². The standard InChI is InChI=1S/C29H30N2O8/c1-5-38-29(33)19-8-10-22(11-9-19)39-17-25-23-16-27(37-4)26(36-3)15-20(23)12-13-30(25)28(32)21-7-6-18(2)24(14-21)31(34)35/h6-11,14-16,25H,5,12-13,17H2,1-4H3/t25-/m0/s1. The molecule has 1 amide bonds. The van der Waals surface area contributed by atoms with Crippen molar-refractivity contribution in [2.24, 2.45) is 0 Å². The van der Waals surface area contributed by atoms with Crippen LogP contribution < -0.4 is 14.2 Å². The van der Waals surface area contributed by atoms with Crippen molar-refractivity contribution in [2.45, 2.75) is 26.3 Å². The molecule has 3 aromatic rings. The van der Waals surface area contributed by atoms with Crippen molar-refractivity contribution < 1.29 is 33.5 Å². The van der Waals surface area contributed by atoms with E-state index in [4.69, 9.17) is 18.9 Å². The molecule has 10 nitrogen and oxygen atoms in total. The maximum absolute atomic E-state index is 13.7. The number of hydrogen-bond donors (Lipinski definition) is 0. The number of carbonyl (C=O) groups excluding carboxylic acids is 2. The second kappa shape index (κ2) is 11.8. The minimum absolute atomic E-state index is 0.0981. The van der Waals surface area contributed by atoms with E-state index in [1.165, 1.54) is 13.2 Å². The van der Waals surface area contributed by atoms with Gasteiger partial charge in [-0.3, -0.25) is 14.9 Å².